The molecule has 0 saturated carbocycles. The molecule has 384 valence electrons. The zero-order valence-corrected chi connectivity index (χ0v) is 43.2. The number of rotatable bonds is 24. The zero-order chi connectivity index (χ0) is 50.5. The normalized spacial score (nSPS) is 11.6. The third-order valence-electron chi connectivity index (χ3n) is 12.7. The molecule has 0 aliphatic rings. The van der Waals surface area contributed by atoms with Crippen LogP contribution in [0.5, 0.6) is 0 Å². The van der Waals surface area contributed by atoms with Crippen LogP contribution in [0, 0.1) is 0 Å². The number of nitrogens with zero attached hydrogens (tertiary/aromatic N) is 6. The van der Waals surface area contributed by atoms with E-state index in [4.69, 9.17) is 27.9 Å². The van der Waals surface area contributed by atoms with E-state index in [1.54, 1.807) is 0 Å². The minimum Gasteiger partial charge on any atom is -0.741 e. The molecule has 0 N–H and O–H groups in total. The molecule has 14 heteroatoms. The minimum absolute atomic E-state index is 0. The number of halogens is 3. The number of benzene rings is 4. The van der Waals surface area contributed by atoms with Crippen LogP contribution in [0.15, 0.2) is 164 Å². The van der Waals surface area contributed by atoms with Crippen molar-refractivity contribution in [2.24, 2.45) is 0 Å². The second-order valence-corrected chi connectivity index (χ2v) is 19.0. The van der Waals surface area contributed by atoms with E-state index in [-0.39, 0.29) is 17.1 Å². The molecular weight excluding hydrogens is 981 g/mol. The van der Waals surface area contributed by atoms with Crippen LogP contribution < -0.4 is 0 Å². The van der Waals surface area contributed by atoms with Gasteiger partial charge in [-0.15, -0.1) is 0 Å². The molecule has 7 rings (SSSR count). The fraction of sp³-hybridized carbons (Fsp3) is 0.328. The molecule has 0 atom stereocenters. The Bertz CT molecular complexity index is 2460. The number of hydrogen-bond acceptors (Lipinski definition) is 9. The standard InChI is InChI=1S/C57H66N6.CHF3O3S.Cu/c1-4-52-55(43-61(40-46-22-10-7-11-23-46)37-31-49-28-16-19-34-58-49)53(5-2)57(45-63(42-48-26-14-9-15-27-48)39-33-51-30-18-21-36-60-51)54(6-3)56(52)44-62(41-47-24-12-8-13-25-47)38-32-50-29-17-20-35-59-50;2-1(3,4)8(5,6)7;/h7-30,34-36H,4-6,31-33,37-45H2,1-3H3;(H,5,6,7);/q;;+1/p-1. The van der Waals surface area contributed by atoms with Crippen LogP contribution in [0.4, 0.5) is 13.2 Å². The minimum atomic E-state index is -6.09. The van der Waals surface area contributed by atoms with Gasteiger partial charge in [-0.2, -0.15) is 13.2 Å². The second kappa shape index (κ2) is 29.2. The molecule has 9 nitrogen and oxygen atoms in total. The molecule has 0 aliphatic carbocycles. The first-order chi connectivity index (χ1) is 34.3. The van der Waals surface area contributed by atoms with Crippen molar-refractivity contribution in [1.29, 1.82) is 0 Å². The van der Waals surface area contributed by atoms with E-state index in [2.05, 4.69) is 163 Å². The van der Waals surface area contributed by atoms with Gasteiger partial charge in [0.2, 0.25) is 0 Å². The van der Waals surface area contributed by atoms with Crippen molar-refractivity contribution < 1.29 is 43.2 Å². The molecule has 0 unspecified atom stereocenters. The molecule has 4 aromatic carbocycles. The summed E-state index contributed by atoms with van der Waals surface area (Å²) in [5, 5.41) is 0. The maximum atomic E-state index is 10.7. The summed E-state index contributed by atoms with van der Waals surface area (Å²) >= 11 is 0. The van der Waals surface area contributed by atoms with Gasteiger partial charge in [0.25, 0.3) is 0 Å². The second-order valence-electron chi connectivity index (χ2n) is 17.6. The van der Waals surface area contributed by atoms with Crippen LogP contribution in [0.3, 0.4) is 0 Å². The van der Waals surface area contributed by atoms with Crippen molar-refractivity contribution >= 4 is 10.1 Å². The molecule has 0 aliphatic heterocycles. The summed E-state index contributed by atoms with van der Waals surface area (Å²) in [5.74, 6) is 0. The van der Waals surface area contributed by atoms with E-state index in [9.17, 15) is 13.2 Å². The summed E-state index contributed by atoms with van der Waals surface area (Å²) in [6.07, 6.45) is 11.4. The van der Waals surface area contributed by atoms with Gasteiger partial charge < -0.3 is 4.55 Å². The Hall–Kier alpha value is -5.57. The zero-order valence-electron chi connectivity index (χ0n) is 41.4. The molecule has 0 spiro atoms. The summed E-state index contributed by atoms with van der Waals surface area (Å²) in [6.45, 7) is 15.2. The third-order valence-corrected chi connectivity index (χ3v) is 13.2. The van der Waals surface area contributed by atoms with Gasteiger partial charge in [-0.1, -0.05) is 130 Å². The smallest absolute Gasteiger partial charge is 0.741 e. The number of alkyl halides is 3. The average Bonchev–Trinajstić information content (AvgIpc) is 3.38. The average molecular weight is 1050 g/mol. The van der Waals surface area contributed by atoms with E-state index < -0.39 is 15.6 Å². The van der Waals surface area contributed by atoms with Crippen molar-refractivity contribution in [3.63, 3.8) is 0 Å². The topological polar surface area (TPSA) is 106 Å². The van der Waals surface area contributed by atoms with Crippen LogP contribution in [0.25, 0.3) is 0 Å². The summed E-state index contributed by atoms with van der Waals surface area (Å²) in [4.78, 5) is 22.3. The van der Waals surface area contributed by atoms with Crippen molar-refractivity contribution in [2.75, 3.05) is 19.6 Å². The van der Waals surface area contributed by atoms with Crippen molar-refractivity contribution in [2.45, 2.75) is 104 Å². The predicted molar refractivity (Wildman–Crippen MR) is 276 cm³/mol. The summed E-state index contributed by atoms with van der Waals surface area (Å²) in [6, 6.07) is 51.9. The summed E-state index contributed by atoms with van der Waals surface area (Å²) < 4.78 is 58.9. The summed E-state index contributed by atoms with van der Waals surface area (Å²) in [5.41, 5.74) is 10.9. The predicted octanol–water partition coefficient (Wildman–Crippen LogP) is 11.3. The molecule has 3 aromatic heterocycles. The van der Waals surface area contributed by atoms with E-state index >= 15 is 0 Å². The Balaban J connectivity index is 0.000000985. The van der Waals surface area contributed by atoms with Gasteiger partial charge in [-0.05, 0) is 106 Å². The van der Waals surface area contributed by atoms with Gasteiger partial charge in [0, 0.05) is 114 Å². The first kappa shape index (κ1) is 57.3. The molecule has 3 heterocycles. The third kappa shape index (κ3) is 17.9. The molecule has 0 fully saturated rings. The SMILES string of the molecule is CCc1c(CN(CCc2ccccn2)Cc2ccccc2)c(CC)c(CN(CCc2ccccn2)Cc2ccccc2)c(CC)c1CN(CCc1ccccn1)Cc1ccccc1.O=S(=O)([O-])C(F)(F)F.[Cu+]. The maximum absolute atomic E-state index is 10.7. The van der Waals surface area contributed by atoms with E-state index in [1.807, 2.05) is 36.8 Å². The van der Waals surface area contributed by atoms with Crippen LogP contribution >= 0.6 is 0 Å². The monoisotopic (exact) mass is 1050 g/mol. The van der Waals surface area contributed by atoms with E-state index in [1.165, 1.54) is 50.1 Å². The summed E-state index contributed by atoms with van der Waals surface area (Å²) in [7, 11) is -6.09. The number of aromatic nitrogens is 3. The molecule has 7 aromatic rings. The Morgan fingerprint density at radius 2 is 0.667 bits per heavy atom. The van der Waals surface area contributed by atoms with E-state index in [0.29, 0.717) is 0 Å². The first-order valence-corrected chi connectivity index (χ1v) is 25.9. The van der Waals surface area contributed by atoms with Gasteiger partial charge >= 0.3 is 22.6 Å². The van der Waals surface area contributed by atoms with Gasteiger partial charge in [0.05, 0.1) is 0 Å². The Morgan fingerprint density at radius 1 is 0.417 bits per heavy atom. The van der Waals surface area contributed by atoms with Gasteiger partial charge in [0.15, 0.2) is 10.1 Å². The largest absolute Gasteiger partial charge is 1.00 e. The maximum Gasteiger partial charge on any atom is 1.00 e. The fourth-order valence-corrected chi connectivity index (χ4v) is 9.24. The van der Waals surface area contributed by atoms with Crippen molar-refractivity contribution in [3.05, 3.63) is 231 Å². The Labute approximate surface area is 435 Å². The Morgan fingerprint density at radius 3 is 0.875 bits per heavy atom. The van der Waals surface area contributed by atoms with Crippen molar-refractivity contribution in [3.8, 4) is 0 Å². The van der Waals surface area contributed by atoms with Crippen LogP contribution in [-0.2, 0) is 105 Å². The van der Waals surface area contributed by atoms with E-state index in [0.717, 1.165) is 115 Å². The molecule has 0 saturated heterocycles. The van der Waals surface area contributed by atoms with Crippen LogP contribution in [0.1, 0.15) is 87.9 Å². The Kier molecular flexibility index (Phi) is 23.3. The van der Waals surface area contributed by atoms with Crippen molar-refractivity contribution in [1.82, 2.24) is 29.7 Å². The molecule has 72 heavy (non-hydrogen) atoms. The van der Waals surface area contributed by atoms with Crippen LogP contribution in [-0.4, -0.2) is 67.8 Å². The quantitative estimate of drug-likeness (QED) is 0.0332. The van der Waals surface area contributed by atoms with Gasteiger partial charge in [-0.3, -0.25) is 29.7 Å². The molecule has 0 bridgehead atoms. The van der Waals surface area contributed by atoms with Gasteiger partial charge in [-0.25, -0.2) is 8.42 Å². The molecular formula is C58H66CuF3N6O3S. The first-order valence-electron chi connectivity index (χ1n) is 24.5. The van der Waals surface area contributed by atoms with Gasteiger partial charge in [0.1, 0.15) is 0 Å². The van der Waals surface area contributed by atoms with Crippen LogP contribution in [0.2, 0.25) is 0 Å². The number of pyridine rings is 3. The molecule has 0 amide bonds. The molecule has 0 radical (unpaired) electrons. The fourth-order valence-electron chi connectivity index (χ4n) is 9.24. The number of hydrogen-bond donors (Lipinski definition) is 0.